The van der Waals surface area contributed by atoms with Crippen LogP contribution in [-0.4, -0.2) is 78.4 Å². The Morgan fingerprint density at radius 3 is 2.62 bits per heavy atom. The number of fused-ring (bicyclic) bond motifs is 2. The molecule has 11 atom stereocenters. The number of allylic oxidation sites excluding steroid dienone is 2. The number of esters is 2. The first-order chi connectivity index (χ1) is 25.3. The van der Waals surface area contributed by atoms with Gasteiger partial charge in [-0.05, 0) is 79.5 Å². The Bertz CT molecular complexity index is 1680. The predicted octanol–water partition coefficient (Wildman–Crippen LogP) is 7.18. The normalized spacial score (nSPS) is 40.1. The summed E-state index contributed by atoms with van der Waals surface area (Å²) in [6, 6.07) is 5.26. The van der Waals surface area contributed by atoms with E-state index >= 15 is 0 Å². The van der Waals surface area contributed by atoms with Crippen LogP contribution >= 0.6 is 0 Å². The molecule has 3 fully saturated rings. The molecule has 10 nitrogen and oxygen atoms in total. The quantitative estimate of drug-likeness (QED) is 0.191. The van der Waals surface area contributed by atoms with Crippen molar-refractivity contribution in [2.45, 2.75) is 122 Å². The van der Waals surface area contributed by atoms with E-state index in [2.05, 4.69) is 25.9 Å². The molecule has 1 N–H and O–H groups in total. The number of carbonyl (C=O) groups is 2. The number of carbonyl (C=O) groups excluding carboxylic acids is 2. The molecule has 4 aliphatic heterocycles. The fourth-order valence-corrected chi connectivity index (χ4v) is 8.59. The van der Waals surface area contributed by atoms with Crippen LogP contribution < -0.4 is 0 Å². The van der Waals surface area contributed by atoms with Gasteiger partial charge in [0.1, 0.15) is 48.5 Å². The second-order valence-electron chi connectivity index (χ2n) is 15.6. The van der Waals surface area contributed by atoms with Crippen molar-refractivity contribution in [1.82, 2.24) is 0 Å². The first-order valence-corrected chi connectivity index (χ1v) is 19.0. The number of aliphatic hydroxyl groups is 1. The molecule has 1 aromatic carbocycles. The number of hydrogen-bond acceptors (Lipinski definition) is 10. The molecule has 0 saturated carbocycles. The Morgan fingerprint density at radius 2 is 1.91 bits per heavy atom. The van der Waals surface area contributed by atoms with Gasteiger partial charge in [-0.1, -0.05) is 69.7 Å². The predicted molar refractivity (Wildman–Crippen MR) is 196 cm³/mol. The number of hydrogen-bond donors (Lipinski definition) is 1. The average molecular weight is 736 g/mol. The highest BCUT2D eigenvalue weighted by Crippen LogP contribution is 2.47. The minimum Gasteiger partial charge on any atom is -0.462 e. The van der Waals surface area contributed by atoms with Gasteiger partial charge in [0, 0.05) is 25.2 Å². The zero-order chi connectivity index (χ0) is 38.1. The lowest BCUT2D eigenvalue weighted by molar-refractivity contribution is -0.340. The van der Waals surface area contributed by atoms with E-state index in [0.29, 0.717) is 54.4 Å². The van der Waals surface area contributed by atoms with Crippen molar-refractivity contribution < 1.29 is 47.6 Å². The van der Waals surface area contributed by atoms with E-state index in [1.165, 1.54) is 31.4 Å². The summed E-state index contributed by atoms with van der Waals surface area (Å²) in [4.78, 5) is 32.8. The number of rotatable bonds is 5. The molecule has 4 heterocycles. The molecule has 1 aromatic rings. The number of halogens is 1. The zero-order valence-electron chi connectivity index (χ0n) is 31.9. The van der Waals surface area contributed by atoms with E-state index < -0.39 is 53.4 Å². The molecule has 288 valence electrons. The summed E-state index contributed by atoms with van der Waals surface area (Å²) in [5, 5.41) is 16.7. The average Bonchev–Trinajstić information content (AvgIpc) is 3.47. The summed E-state index contributed by atoms with van der Waals surface area (Å²) in [7, 11) is 1.42. The third kappa shape index (κ3) is 7.95. The monoisotopic (exact) mass is 735 g/mol. The lowest BCUT2D eigenvalue weighted by atomic mass is 9.71. The van der Waals surface area contributed by atoms with Crippen molar-refractivity contribution in [1.29, 1.82) is 0 Å². The smallest absolute Gasteiger partial charge is 0.338 e. The van der Waals surface area contributed by atoms with Crippen molar-refractivity contribution >= 4 is 17.7 Å². The van der Waals surface area contributed by atoms with Crippen LogP contribution in [0, 0.1) is 29.5 Å². The fraction of sp³-hybridized carbons (Fsp3) is 0.595. The van der Waals surface area contributed by atoms with Crippen LogP contribution in [0.2, 0.25) is 0 Å². The number of oxime groups is 1. The lowest BCUT2D eigenvalue weighted by Gasteiger charge is -2.51. The van der Waals surface area contributed by atoms with Crippen LogP contribution in [0.1, 0.15) is 90.4 Å². The minimum atomic E-state index is -1.80. The highest BCUT2D eigenvalue weighted by molar-refractivity contribution is 6.07. The van der Waals surface area contributed by atoms with Crippen LogP contribution in [0.25, 0.3) is 0 Å². The van der Waals surface area contributed by atoms with Crippen LogP contribution in [0.3, 0.4) is 0 Å². The van der Waals surface area contributed by atoms with Crippen molar-refractivity contribution in [3.8, 4) is 0 Å². The molecule has 0 radical (unpaired) electrons. The minimum absolute atomic E-state index is 0.0194. The van der Waals surface area contributed by atoms with Crippen molar-refractivity contribution in [3.05, 3.63) is 82.7 Å². The van der Waals surface area contributed by atoms with E-state index in [1.54, 1.807) is 18.2 Å². The lowest BCUT2D eigenvalue weighted by Crippen LogP contribution is -2.57. The molecular weight excluding hydrogens is 681 g/mol. The first kappa shape index (κ1) is 39.1. The number of nitrogens with zero attached hydrogens (tertiary/aromatic N) is 1. The standard InChI is InChI=1S/C42H54FNO9/c1-8-24(2)37-27(5)18-19-41(53-37)22-33-21-32(52-41)17-12-26(4)36(51-39(45)29-13-15-31(43)16-14-29)25(3)10-9-11-30-23-49-38-35(44-48-7)28(6)20-34(40(46)50-33)42(30,38)47/h9-16,20,24-25,27,32-34,36-38,47H,8,17-19,21-23H2,1-7H3/b10-9+,26-12+,30-11+,44-35+/t24?,25-,27-,32+,33-,34-,36-,37+,38+,41+,42+/m0/s1. The Balaban J connectivity index is 1.41. The molecule has 1 spiro atoms. The maximum atomic E-state index is 14.3. The van der Waals surface area contributed by atoms with Crippen LogP contribution in [-0.2, 0) is 33.3 Å². The van der Waals surface area contributed by atoms with Crippen molar-refractivity contribution in [3.63, 3.8) is 0 Å². The maximum absolute atomic E-state index is 14.3. The molecular formula is C42H54FNO9. The number of benzene rings is 1. The molecule has 1 aliphatic carbocycles. The van der Waals surface area contributed by atoms with E-state index in [-0.39, 0.29) is 30.3 Å². The third-order valence-electron chi connectivity index (χ3n) is 11.8. The Labute approximate surface area is 312 Å². The van der Waals surface area contributed by atoms with Gasteiger partial charge in [-0.15, -0.1) is 0 Å². The van der Waals surface area contributed by atoms with Crippen molar-refractivity contribution in [2.75, 3.05) is 13.7 Å². The summed E-state index contributed by atoms with van der Waals surface area (Å²) in [6.45, 7) is 12.3. The van der Waals surface area contributed by atoms with Gasteiger partial charge in [0.15, 0.2) is 5.79 Å². The third-order valence-corrected chi connectivity index (χ3v) is 11.8. The largest absolute Gasteiger partial charge is 0.462 e. The fourth-order valence-electron chi connectivity index (χ4n) is 8.59. The second kappa shape index (κ2) is 16.0. The molecule has 11 heteroatoms. The molecule has 53 heavy (non-hydrogen) atoms. The Morgan fingerprint density at radius 1 is 1.15 bits per heavy atom. The van der Waals surface area contributed by atoms with Gasteiger partial charge in [-0.2, -0.15) is 0 Å². The molecule has 2 bridgehead atoms. The summed E-state index contributed by atoms with van der Waals surface area (Å²) >= 11 is 0. The molecule has 1 unspecified atom stereocenters. The first-order valence-electron chi connectivity index (χ1n) is 19.0. The van der Waals surface area contributed by atoms with Gasteiger partial charge >= 0.3 is 11.9 Å². The second-order valence-corrected chi connectivity index (χ2v) is 15.6. The van der Waals surface area contributed by atoms with E-state index in [0.717, 1.165) is 18.4 Å². The molecule has 0 aromatic heterocycles. The van der Waals surface area contributed by atoms with E-state index in [9.17, 15) is 19.1 Å². The summed E-state index contributed by atoms with van der Waals surface area (Å²) < 4.78 is 46.1. The van der Waals surface area contributed by atoms with Crippen molar-refractivity contribution in [2.24, 2.45) is 28.8 Å². The summed E-state index contributed by atoms with van der Waals surface area (Å²) in [5.74, 6) is -3.28. The van der Waals surface area contributed by atoms with Gasteiger partial charge in [-0.25, -0.2) is 9.18 Å². The Kier molecular flexibility index (Phi) is 11.8. The van der Waals surface area contributed by atoms with Gasteiger partial charge in [0.25, 0.3) is 0 Å². The molecule has 3 saturated heterocycles. The van der Waals surface area contributed by atoms with Gasteiger partial charge < -0.3 is 33.6 Å². The van der Waals surface area contributed by atoms with Crippen LogP contribution in [0.15, 0.2) is 76.5 Å². The zero-order valence-corrected chi connectivity index (χ0v) is 31.9. The van der Waals surface area contributed by atoms with Gasteiger partial charge in [0.05, 0.1) is 24.4 Å². The van der Waals surface area contributed by atoms with Gasteiger partial charge in [0.2, 0.25) is 0 Å². The van der Waals surface area contributed by atoms with E-state index in [1.807, 2.05) is 32.9 Å². The molecule has 0 amide bonds. The SMILES string of the molecule is CCC(C)[C@H]1O[C@]2(CC[C@@H]1C)C[C@@H]1C[C@@H](C/C=C(\C)[C@@H](OC(=O)c3ccc(F)cc3)[C@@H](C)/C=C/C=C3\CO[C@@H]4/C(=N/OC)C(C)=C[C@@H](C(=O)O1)[C@]34O)O2. The van der Waals surface area contributed by atoms with Crippen LogP contribution in [0.5, 0.6) is 0 Å². The topological polar surface area (TPSA) is 122 Å². The summed E-state index contributed by atoms with van der Waals surface area (Å²) in [5.41, 5.74) is 0.764. The van der Waals surface area contributed by atoms with Crippen LogP contribution in [0.4, 0.5) is 4.39 Å². The van der Waals surface area contributed by atoms with E-state index in [4.69, 9.17) is 28.5 Å². The maximum Gasteiger partial charge on any atom is 0.338 e. The molecule has 6 rings (SSSR count). The highest BCUT2D eigenvalue weighted by atomic mass is 19.1. The van der Waals surface area contributed by atoms with Gasteiger partial charge in [-0.3, -0.25) is 4.79 Å². The Hall–Kier alpha value is -3.64. The number of ether oxygens (including phenoxy) is 5. The summed E-state index contributed by atoms with van der Waals surface area (Å²) in [6.07, 6.45) is 10.3. The highest BCUT2D eigenvalue weighted by Gasteiger charge is 2.60. The molecule has 5 aliphatic rings.